The van der Waals surface area contributed by atoms with Crippen LogP contribution in [0.1, 0.15) is 24.5 Å². The second kappa shape index (κ2) is 11.1. The van der Waals surface area contributed by atoms with E-state index in [9.17, 15) is 30.7 Å². The van der Waals surface area contributed by atoms with Crippen molar-refractivity contribution in [2.24, 2.45) is 0 Å². The van der Waals surface area contributed by atoms with Crippen molar-refractivity contribution in [1.29, 1.82) is 0 Å². The molecule has 8 heteroatoms. The molecule has 0 heterocycles. The van der Waals surface area contributed by atoms with Crippen molar-refractivity contribution in [3.8, 4) is 28.0 Å². The van der Waals surface area contributed by atoms with Crippen LogP contribution >= 0.6 is 0 Å². The molecule has 0 radical (unpaired) electrons. The van der Waals surface area contributed by atoms with Gasteiger partial charge in [0, 0.05) is 23.3 Å². The van der Waals surface area contributed by atoms with Crippen LogP contribution in [0.25, 0.3) is 28.3 Å². The van der Waals surface area contributed by atoms with E-state index in [2.05, 4.69) is 11.7 Å². The van der Waals surface area contributed by atoms with E-state index in [-0.39, 0.29) is 16.7 Å². The molecule has 4 rings (SSSR count). The first-order valence-corrected chi connectivity index (χ1v) is 11.7. The second-order valence-electron chi connectivity index (χ2n) is 8.58. The monoisotopic (exact) mass is 530 g/mol. The molecule has 0 spiro atoms. The molecule has 0 aliphatic carbocycles. The van der Waals surface area contributed by atoms with Crippen molar-refractivity contribution in [1.82, 2.24) is 0 Å². The van der Waals surface area contributed by atoms with Gasteiger partial charge in [-0.05, 0) is 65.1 Å². The number of benzene rings is 4. The highest BCUT2D eigenvalue weighted by Gasteiger charge is 2.28. The molecule has 4 aromatic rings. The summed E-state index contributed by atoms with van der Waals surface area (Å²) in [5.74, 6) is -7.21. The summed E-state index contributed by atoms with van der Waals surface area (Å²) in [5.41, 5.74) is 1.74. The largest absolute Gasteiger partial charge is 0.429 e. The maximum Gasteiger partial charge on any atom is 0.419 e. The Labute approximate surface area is 214 Å². The van der Waals surface area contributed by atoms with Gasteiger partial charge in [0.1, 0.15) is 17.4 Å². The molecule has 4 aromatic carbocycles. The fraction of sp³-hybridized carbons (Fsp3) is 0.133. The van der Waals surface area contributed by atoms with Gasteiger partial charge in [-0.2, -0.15) is 8.78 Å². The lowest BCUT2D eigenvalue weighted by atomic mass is 10.0. The quantitative estimate of drug-likeness (QED) is 0.163. The predicted molar refractivity (Wildman–Crippen MR) is 132 cm³/mol. The molecule has 1 nitrogen and oxygen atoms in total. The van der Waals surface area contributed by atoms with Crippen LogP contribution < -0.4 is 4.74 Å². The molecule has 196 valence electrons. The predicted octanol–water partition coefficient (Wildman–Crippen LogP) is 9.35. The normalized spacial score (nSPS) is 11.8. The van der Waals surface area contributed by atoms with Crippen molar-refractivity contribution < 1.29 is 35.5 Å². The molecule has 0 atom stereocenters. The summed E-state index contributed by atoms with van der Waals surface area (Å²) in [6, 6.07) is 15.5. The second-order valence-corrected chi connectivity index (χ2v) is 8.58. The van der Waals surface area contributed by atoms with E-state index >= 15 is 0 Å². The minimum atomic E-state index is -3.94. The molecule has 38 heavy (non-hydrogen) atoms. The van der Waals surface area contributed by atoms with Crippen LogP contribution in [0, 0.1) is 29.1 Å². The smallest absolute Gasteiger partial charge is 0.419 e. The van der Waals surface area contributed by atoms with Gasteiger partial charge in [0.25, 0.3) is 0 Å². The third kappa shape index (κ3) is 6.25. The van der Waals surface area contributed by atoms with Gasteiger partial charge in [-0.25, -0.2) is 22.0 Å². The van der Waals surface area contributed by atoms with Gasteiger partial charge in [0.15, 0.2) is 17.5 Å². The Morgan fingerprint density at radius 2 is 1.32 bits per heavy atom. The zero-order valence-electron chi connectivity index (χ0n) is 20.1. The Morgan fingerprint density at radius 3 is 1.92 bits per heavy atom. The van der Waals surface area contributed by atoms with Crippen LogP contribution in [0.15, 0.2) is 78.9 Å². The molecule has 0 saturated carbocycles. The Bertz CT molecular complexity index is 1450. The van der Waals surface area contributed by atoms with Gasteiger partial charge in [-0.15, -0.1) is 0 Å². The van der Waals surface area contributed by atoms with Gasteiger partial charge in [0.05, 0.1) is 0 Å². The van der Waals surface area contributed by atoms with Gasteiger partial charge in [0.2, 0.25) is 0 Å². The van der Waals surface area contributed by atoms with Crippen LogP contribution in [-0.2, 0) is 6.42 Å². The molecule has 0 bridgehead atoms. The SMILES string of the molecule is CCCc1ccc(-c2ccc(C=CC(F)(F)Oc3ccc(-c4cc(F)c(F)c(F)c4)c(F)c3)c(F)c2)cc1. The lowest BCUT2D eigenvalue weighted by molar-refractivity contribution is -0.131. The van der Waals surface area contributed by atoms with E-state index in [0.717, 1.165) is 42.2 Å². The standard InChI is InChI=1S/C30H21F7O/c1-2-3-18-4-6-19(7-5-18)21-9-8-20(25(31)14-21)12-13-30(36,37)38-23-10-11-24(26(32)17-23)22-15-27(33)29(35)28(34)16-22/h4-17H,2-3H2,1H3. The van der Waals surface area contributed by atoms with E-state index in [1.807, 2.05) is 24.3 Å². The molecule has 0 amide bonds. The zero-order valence-corrected chi connectivity index (χ0v) is 20.1. The van der Waals surface area contributed by atoms with Crippen molar-refractivity contribution in [3.05, 3.63) is 119 Å². The Balaban J connectivity index is 1.48. The number of hydrogen-bond donors (Lipinski definition) is 0. The summed E-state index contributed by atoms with van der Waals surface area (Å²) in [4.78, 5) is 0. The van der Waals surface area contributed by atoms with E-state index < -0.39 is 40.9 Å². The van der Waals surface area contributed by atoms with Crippen molar-refractivity contribution in [2.75, 3.05) is 0 Å². The third-order valence-corrected chi connectivity index (χ3v) is 5.77. The number of hydrogen-bond acceptors (Lipinski definition) is 1. The zero-order chi connectivity index (χ0) is 27.4. The van der Waals surface area contributed by atoms with E-state index in [4.69, 9.17) is 0 Å². The Hall–Kier alpha value is -4.07. The van der Waals surface area contributed by atoms with Gasteiger partial charge >= 0.3 is 6.11 Å². The van der Waals surface area contributed by atoms with Crippen LogP contribution in [0.4, 0.5) is 30.7 Å². The maximum absolute atomic E-state index is 14.6. The maximum atomic E-state index is 14.6. The van der Waals surface area contributed by atoms with E-state index in [0.29, 0.717) is 29.8 Å². The molecular formula is C30H21F7O. The lowest BCUT2D eigenvalue weighted by Gasteiger charge is -2.15. The Morgan fingerprint density at radius 1 is 0.684 bits per heavy atom. The van der Waals surface area contributed by atoms with E-state index in [1.54, 1.807) is 6.07 Å². The summed E-state index contributed by atoms with van der Waals surface area (Å²) >= 11 is 0. The summed E-state index contributed by atoms with van der Waals surface area (Å²) < 4.78 is 102. The highest BCUT2D eigenvalue weighted by Crippen LogP contribution is 2.31. The minimum Gasteiger partial charge on any atom is -0.429 e. The van der Waals surface area contributed by atoms with Gasteiger partial charge in [-0.1, -0.05) is 49.7 Å². The average Bonchev–Trinajstić information content (AvgIpc) is 2.87. The number of ether oxygens (including phenoxy) is 1. The summed E-state index contributed by atoms with van der Waals surface area (Å²) in [7, 11) is 0. The van der Waals surface area contributed by atoms with Crippen molar-refractivity contribution in [2.45, 2.75) is 25.9 Å². The topological polar surface area (TPSA) is 9.23 Å². The number of alkyl halides is 2. The fourth-order valence-electron chi connectivity index (χ4n) is 3.88. The van der Waals surface area contributed by atoms with Crippen LogP contribution in [0.5, 0.6) is 5.75 Å². The highest BCUT2D eigenvalue weighted by molar-refractivity contribution is 5.67. The lowest BCUT2D eigenvalue weighted by Crippen LogP contribution is -2.21. The van der Waals surface area contributed by atoms with E-state index in [1.165, 1.54) is 12.1 Å². The highest BCUT2D eigenvalue weighted by atomic mass is 19.3. The van der Waals surface area contributed by atoms with Gasteiger partial charge < -0.3 is 4.74 Å². The van der Waals surface area contributed by atoms with Crippen molar-refractivity contribution in [3.63, 3.8) is 0 Å². The number of halogens is 7. The molecule has 0 fully saturated rings. The Kier molecular flexibility index (Phi) is 7.90. The molecule has 0 N–H and O–H groups in total. The summed E-state index contributed by atoms with van der Waals surface area (Å²) in [6.07, 6.45) is -0.844. The first-order valence-electron chi connectivity index (χ1n) is 11.7. The number of aryl methyl sites for hydroxylation is 1. The van der Waals surface area contributed by atoms with Crippen LogP contribution in [-0.4, -0.2) is 6.11 Å². The van der Waals surface area contributed by atoms with Gasteiger partial charge in [-0.3, -0.25) is 0 Å². The first kappa shape index (κ1) is 27.0. The molecular weight excluding hydrogens is 509 g/mol. The summed E-state index contributed by atoms with van der Waals surface area (Å²) in [5, 5.41) is 0. The van der Waals surface area contributed by atoms with Crippen LogP contribution in [0.2, 0.25) is 0 Å². The molecule has 0 saturated heterocycles. The number of rotatable bonds is 8. The molecule has 0 aromatic heterocycles. The first-order chi connectivity index (χ1) is 18.1. The van der Waals surface area contributed by atoms with Crippen LogP contribution in [0.3, 0.4) is 0 Å². The summed E-state index contributed by atoms with van der Waals surface area (Å²) in [6.45, 7) is 2.07. The molecule has 0 aliphatic rings. The molecule has 0 unspecified atom stereocenters. The fourth-order valence-corrected chi connectivity index (χ4v) is 3.88. The third-order valence-electron chi connectivity index (χ3n) is 5.77. The molecule has 0 aliphatic heterocycles. The van der Waals surface area contributed by atoms with Crippen molar-refractivity contribution >= 4 is 6.08 Å². The average molecular weight is 530 g/mol. The minimum absolute atomic E-state index is 0.110.